The summed E-state index contributed by atoms with van der Waals surface area (Å²) in [5, 5.41) is 3.32. The van der Waals surface area contributed by atoms with Crippen molar-refractivity contribution in [2.75, 3.05) is 20.1 Å². The van der Waals surface area contributed by atoms with Crippen molar-refractivity contribution >= 4 is 0 Å². The molecule has 0 saturated heterocycles. The van der Waals surface area contributed by atoms with Gasteiger partial charge in [0.05, 0.1) is 6.54 Å². The predicted octanol–water partition coefficient (Wildman–Crippen LogP) is 2.36. The second-order valence-corrected chi connectivity index (χ2v) is 2.99. The van der Waals surface area contributed by atoms with Gasteiger partial charge in [-0.2, -0.15) is 0 Å². The van der Waals surface area contributed by atoms with Gasteiger partial charge in [0.2, 0.25) is 0 Å². The first-order valence-electron chi connectivity index (χ1n) is 5.05. The molecule has 76 valence electrons. The summed E-state index contributed by atoms with van der Waals surface area (Å²) in [6, 6.07) is 0. The number of hydrogen-bond donors (Lipinski definition) is 1. The average molecular weight is 182 g/mol. The minimum absolute atomic E-state index is 1.01. The summed E-state index contributed by atoms with van der Waals surface area (Å²) in [6.07, 6.45) is 4.35. The van der Waals surface area contributed by atoms with E-state index in [9.17, 15) is 0 Å². The van der Waals surface area contributed by atoms with Crippen molar-refractivity contribution in [3.05, 3.63) is 23.5 Å². The van der Waals surface area contributed by atoms with E-state index < -0.39 is 0 Å². The third-order valence-corrected chi connectivity index (χ3v) is 1.65. The molecule has 2 nitrogen and oxygen atoms in total. The predicted molar refractivity (Wildman–Crippen MR) is 59.5 cm³/mol. The molecule has 0 saturated carbocycles. The summed E-state index contributed by atoms with van der Waals surface area (Å²) in [7, 11) is 2.09. The van der Waals surface area contributed by atoms with Gasteiger partial charge < -0.3 is 10.2 Å². The van der Waals surface area contributed by atoms with Crippen LogP contribution in [0.1, 0.15) is 27.7 Å². The summed E-state index contributed by atoms with van der Waals surface area (Å²) in [5.74, 6) is 0. The molecule has 0 aromatic heterocycles. The van der Waals surface area contributed by atoms with Crippen LogP contribution in [0.5, 0.6) is 0 Å². The van der Waals surface area contributed by atoms with Gasteiger partial charge in [0, 0.05) is 25.5 Å². The van der Waals surface area contributed by atoms with Gasteiger partial charge in [0.1, 0.15) is 0 Å². The Kier molecular flexibility index (Phi) is 6.11. The fourth-order valence-corrected chi connectivity index (χ4v) is 1.35. The highest BCUT2D eigenvalue weighted by Gasteiger charge is 2.04. The highest BCUT2D eigenvalue weighted by atomic mass is 15.1. The van der Waals surface area contributed by atoms with Crippen molar-refractivity contribution in [2.24, 2.45) is 0 Å². The molecular formula is C11H22N2. The van der Waals surface area contributed by atoms with E-state index in [1.54, 1.807) is 0 Å². The van der Waals surface area contributed by atoms with Crippen LogP contribution in [0.4, 0.5) is 0 Å². The number of nitrogens with zero attached hydrogens (tertiary/aromatic N) is 1. The number of nitrogens with one attached hydrogen (secondary N) is 1. The van der Waals surface area contributed by atoms with E-state index in [1.807, 2.05) is 13.8 Å². The number of likely N-dealkylation sites (N-methyl/N-ethyl adjacent to an activating group) is 2. The van der Waals surface area contributed by atoms with Crippen molar-refractivity contribution < 1.29 is 0 Å². The third-order valence-electron chi connectivity index (χ3n) is 1.65. The maximum atomic E-state index is 3.32. The molecule has 0 radical (unpaired) electrons. The van der Waals surface area contributed by atoms with Gasteiger partial charge in [0.25, 0.3) is 0 Å². The second kappa shape index (κ2) is 6.58. The quantitative estimate of drug-likeness (QED) is 0.705. The molecule has 0 aliphatic carbocycles. The van der Waals surface area contributed by atoms with E-state index in [-0.39, 0.29) is 0 Å². The van der Waals surface area contributed by atoms with Crippen molar-refractivity contribution in [1.82, 2.24) is 10.2 Å². The zero-order valence-corrected chi connectivity index (χ0v) is 9.52. The zero-order valence-electron chi connectivity index (χ0n) is 9.52. The number of hydrogen-bond acceptors (Lipinski definition) is 2. The summed E-state index contributed by atoms with van der Waals surface area (Å²) < 4.78 is 0. The SMILES string of the molecule is CC.CCNC1=CC(C)=CN(C)C1. The lowest BCUT2D eigenvalue weighted by molar-refractivity contribution is 0.470. The fourth-order valence-electron chi connectivity index (χ4n) is 1.35. The summed E-state index contributed by atoms with van der Waals surface area (Å²) >= 11 is 0. The van der Waals surface area contributed by atoms with Gasteiger partial charge in [-0.05, 0) is 25.5 Å². The molecule has 1 rings (SSSR count). The second-order valence-electron chi connectivity index (χ2n) is 2.99. The molecule has 2 heteroatoms. The van der Waals surface area contributed by atoms with Crippen LogP contribution in [0.15, 0.2) is 23.5 Å². The van der Waals surface area contributed by atoms with Gasteiger partial charge in [-0.3, -0.25) is 0 Å². The molecule has 0 amide bonds. The van der Waals surface area contributed by atoms with Crippen LogP contribution < -0.4 is 5.32 Å². The van der Waals surface area contributed by atoms with Crippen LogP contribution in [-0.4, -0.2) is 25.0 Å². The lowest BCUT2D eigenvalue weighted by atomic mass is 10.2. The minimum atomic E-state index is 1.01. The average Bonchev–Trinajstić information content (AvgIpc) is 2.06. The molecule has 0 atom stereocenters. The van der Waals surface area contributed by atoms with Gasteiger partial charge >= 0.3 is 0 Å². The van der Waals surface area contributed by atoms with Gasteiger partial charge in [-0.15, -0.1) is 0 Å². The van der Waals surface area contributed by atoms with E-state index in [0.717, 1.165) is 13.1 Å². The Labute approximate surface area is 82.3 Å². The highest BCUT2D eigenvalue weighted by molar-refractivity contribution is 5.25. The van der Waals surface area contributed by atoms with E-state index in [4.69, 9.17) is 0 Å². The van der Waals surface area contributed by atoms with Crippen molar-refractivity contribution in [3.63, 3.8) is 0 Å². The first kappa shape index (κ1) is 12.1. The molecule has 0 aromatic rings. The van der Waals surface area contributed by atoms with E-state index >= 15 is 0 Å². The fraction of sp³-hybridized carbons (Fsp3) is 0.636. The molecule has 1 aliphatic rings. The Bertz CT molecular complexity index is 192. The topological polar surface area (TPSA) is 15.3 Å². The summed E-state index contributed by atoms with van der Waals surface area (Å²) in [6.45, 7) is 10.2. The largest absolute Gasteiger partial charge is 0.387 e. The smallest absolute Gasteiger partial charge is 0.0568 e. The Morgan fingerprint density at radius 2 is 2.08 bits per heavy atom. The van der Waals surface area contributed by atoms with Crippen LogP contribution in [0.3, 0.4) is 0 Å². The normalized spacial score (nSPS) is 15.3. The molecule has 1 heterocycles. The van der Waals surface area contributed by atoms with Crippen LogP contribution in [0, 0.1) is 0 Å². The van der Waals surface area contributed by atoms with Crippen LogP contribution in [0.25, 0.3) is 0 Å². The molecule has 0 bridgehead atoms. The monoisotopic (exact) mass is 182 g/mol. The molecule has 1 N–H and O–H groups in total. The van der Waals surface area contributed by atoms with Crippen LogP contribution in [-0.2, 0) is 0 Å². The maximum Gasteiger partial charge on any atom is 0.0568 e. The molecule has 13 heavy (non-hydrogen) atoms. The number of allylic oxidation sites excluding steroid dienone is 2. The number of rotatable bonds is 2. The molecule has 0 spiro atoms. The Balaban J connectivity index is 0.000000671. The molecule has 0 unspecified atom stereocenters. The Hall–Kier alpha value is -0.920. The first-order valence-corrected chi connectivity index (χ1v) is 5.05. The van der Waals surface area contributed by atoms with Crippen molar-refractivity contribution in [2.45, 2.75) is 27.7 Å². The summed E-state index contributed by atoms with van der Waals surface area (Å²) in [4.78, 5) is 2.19. The van der Waals surface area contributed by atoms with Crippen LogP contribution in [0.2, 0.25) is 0 Å². The van der Waals surface area contributed by atoms with E-state index in [0.29, 0.717) is 0 Å². The molecular weight excluding hydrogens is 160 g/mol. The lowest BCUT2D eigenvalue weighted by Gasteiger charge is -2.22. The highest BCUT2D eigenvalue weighted by Crippen LogP contribution is 2.08. The molecule has 0 fully saturated rings. The van der Waals surface area contributed by atoms with Gasteiger partial charge in [-0.25, -0.2) is 0 Å². The lowest BCUT2D eigenvalue weighted by Crippen LogP contribution is -2.26. The maximum absolute atomic E-state index is 3.32. The van der Waals surface area contributed by atoms with Crippen LogP contribution >= 0.6 is 0 Å². The first-order chi connectivity index (χ1) is 6.22. The third kappa shape index (κ3) is 4.61. The van der Waals surface area contributed by atoms with Gasteiger partial charge in [-0.1, -0.05) is 13.8 Å². The molecule has 0 aromatic carbocycles. The molecule has 1 aliphatic heterocycles. The van der Waals surface area contributed by atoms with Crippen molar-refractivity contribution in [1.29, 1.82) is 0 Å². The Morgan fingerprint density at radius 1 is 1.46 bits per heavy atom. The van der Waals surface area contributed by atoms with Gasteiger partial charge in [0.15, 0.2) is 0 Å². The Morgan fingerprint density at radius 3 is 2.54 bits per heavy atom. The standard InChI is InChI=1S/C9H16N2.C2H6/c1-4-10-9-5-8(2)6-11(3)7-9;1-2/h5-6,10H,4,7H2,1-3H3;1-2H3. The zero-order chi connectivity index (χ0) is 10.3. The van der Waals surface area contributed by atoms with E-state index in [2.05, 4.69) is 43.4 Å². The minimum Gasteiger partial charge on any atom is -0.387 e. The van der Waals surface area contributed by atoms with E-state index in [1.165, 1.54) is 11.3 Å². The summed E-state index contributed by atoms with van der Waals surface area (Å²) in [5.41, 5.74) is 2.63. The van der Waals surface area contributed by atoms with Crippen molar-refractivity contribution in [3.8, 4) is 0 Å².